The summed E-state index contributed by atoms with van der Waals surface area (Å²) in [6, 6.07) is 5.93. The van der Waals surface area contributed by atoms with Crippen LogP contribution in [0.1, 0.15) is 19.4 Å². The van der Waals surface area contributed by atoms with Crippen LogP contribution in [0.3, 0.4) is 0 Å². The van der Waals surface area contributed by atoms with Crippen molar-refractivity contribution in [3.63, 3.8) is 0 Å². The minimum atomic E-state index is -1.14. The van der Waals surface area contributed by atoms with Gasteiger partial charge in [-0.15, -0.1) is 0 Å². The van der Waals surface area contributed by atoms with Gasteiger partial charge in [-0.1, -0.05) is 26.0 Å². The predicted molar refractivity (Wildman–Crippen MR) is 61.1 cm³/mol. The molecule has 0 heterocycles. The summed E-state index contributed by atoms with van der Waals surface area (Å²) in [5.74, 6) is -1.14. The van der Waals surface area contributed by atoms with Crippen molar-refractivity contribution >= 4 is 17.7 Å². The Kier molecular flexibility index (Phi) is 6.19. The summed E-state index contributed by atoms with van der Waals surface area (Å²) in [6.45, 7) is 4.00. The van der Waals surface area contributed by atoms with Crippen LogP contribution in [0, 0.1) is 10.1 Å². The van der Waals surface area contributed by atoms with Crippen LogP contribution in [-0.4, -0.2) is 16.0 Å². The quantitative estimate of drug-likeness (QED) is 0.485. The smallest absolute Gasteiger partial charge is 0.328 e. The number of nitrogens with zero attached hydrogens (tertiary/aromatic N) is 1. The molecule has 0 amide bonds. The van der Waals surface area contributed by atoms with Gasteiger partial charge in [-0.2, -0.15) is 0 Å². The Bertz CT molecular complexity index is 399. The van der Waals surface area contributed by atoms with Crippen LogP contribution in [0.5, 0.6) is 0 Å². The van der Waals surface area contributed by atoms with Crippen LogP contribution in [0.4, 0.5) is 5.69 Å². The van der Waals surface area contributed by atoms with Gasteiger partial charge >= 0.3 is 5.97 Å². The molecule has 1 aromatic rings. The van der Waals surface area contributed by atoms with Gasteiger partial charge in [-0.25, -0.2) is 4.79 Å². The lowest BCUT2D eigenvalue weighted by molar-refractivity contribution is -0.385. The fourth-order valence-corrected chi connectivity index (χ4v) is 0.956. The molecule has 1 rings (SSSR count). The van der Waals surface area contributed by atoms with E-state index >= 15 is 0 Å². The molecule has 1 aromatic carbocycles. The van der Waals surface area contributed by atoms with Gasteiger partial charge in [0.1, 0.15) is 0 Å². The second-order valence-corrected chi connectivity index (χ2v) is 2.49. The van der Waals surface area contributed by atoms with Gasteiger partial charge in [0.2, 0.25) is 0 Å². The molecular formula is C11H13NO4. The molecular weight excluding hydrogens is 210 g/mol. The number of nitro benzene ring substituents is 1. The summed E-state index contributed by atoms with van der Waals surface area (Å²) in [5.41, 5.74) is 0.171. The molecule has 0 radical (unpaired) electrons. The average molecular weight is 223 g/mol. The molecule has 0 atom stereocenters. The summed E-state index contributed by atoms with van der Waals surface area (Å²) >= 11 is 0. The summed E-state index contributed by atoms with van der Waals surface area (Å²) in [5, 5.41) is 18.8. The highest BCUT2D eigenvalue weighted by molar-refractivity contribution is 5.86. The molecule has 16 heavy (non-hydrogen) atoms. The van der Waals surface area contributed by atoms with Crippen molar-refractivity contribution < 1.29 is 14.8 Å². The first-order chi connectivity index (χ1) is 7.61. The highest BCUT2D eigenvalue weighted by Gasteiger charge is 2.09. The molecule has 5 heteroatoms. The average Bonchev–Trinajstić information content (AvgIpc) is 2.29. The predicted octanol–water partition coefficient (Wildman–Crippen LogP) is 2.72. The lowest BCUT2D eigenvalue weighted by Gasteiger charge is -1.94. The first-order valence-corrected chi connectivity index (χ1v) is 4.75. The minimum absolute atomic E-state index is 0.106. The summed E-state index contributed by atoms with van der Waals surface area (Å²) in [6.07, 6.45) is 2.06. The van der Waals surface area contributed by atoms with Gasteiger partial charge < -0.3 is 5.11 Å². The van der Waals surface area contributed by atoms with E-state index in [0.29, 0.717) is 0 Å². The number of aliphatic carboxylic acids is 1. The van der Waals surface area contributed by atoms with E-state index in [1.54, 1.807) is 6.07 Å². The molecule has 0 bridgehead atoms. The van der Waals surface area contributed by atoms with Crippen LogP contribution in [0.2, 0.25) is 0 Å². The number of hydrogen-bond donors (Lipinski definition) is 1. The molecule has 0 aliphatic heterocycles. The number of carbonyl (C=O) groups is 1. The number of hydrogen-bond acceptors (Lipinski definition) is 3. The normalized spacial score (nSPS) is 9.38. The third-order valence-corrected chi connectivity index (χ3v) is 1.54. The van der Waals surface area contributed by atoms with Crippen LogP contribution < -0.4 is 0 Å². The Morgan fingerprint density at radius 1 is 1.38 bits per heavy atom. The summed E-state index contributed by atoms with van der Waals surface area (Å²) in [7, 11) is 0. The Labute approximate surface area is 93.2 Å². The molecule has 1 N–H and O–H groups in total. The van der Waals surface area contributed by atoms with Gasteiger partial charge in [0.05, 0.1) is 10.5 Å². The zero-order valence-electron chi connectivity index (χ0n) is 9.08. The third kappa shape index (κ3) is 4.36. The van der Waals surface area contributed by atoms with E-state index in [-0.39, 0.29) is 11.3 Å². The standard InChI is InChI=1S/C9H7NO4.C2H6/c11-9(12)6-5-7-3-1-2-4-8(7)10(13)14;1-2/h1-6H,(H,11,12);1-2H3/b6-5+;. The number of rotatable bonds is 3. The number of para-hydroxylation sites is 1. The molecule has 0 aliphatic carbocycles. The third-order valence-electron chi connectivity index (χ3n) is 1.54. The van der Waals surface area contributed by atoms with Crippen molar-refractivity contribution in [3.8, 4) is 0 Å². The highest BCUT2D eigenvalue weighted by atomic mass is 16.6. The van der Waals surface area contributed by atoms with Crippen LogP contribution in [0.25, 0.3) is 6.08 Å². The van der Waals surface area contributed by atoms with Gasteiger partial charge in [0, 0.05) is 12.1 Å². The first-order valence-electron chi connectivity index (χ1n) is 4.75. The maximum Gasteiger partial charge on any atom is 0.328 e. The Hall–Kier alpha value is -2.17. The molecule has 0 unspecified atom stereocenters. The number of nitro groups is 1. The minimum Gasteiger partial charge on any atom is -0.478 e. The highest BCUT2D eigenvalue weighted by Crippen LogP contribution is 2.18. The van der Waals surface area contributed by atoms with Crippen LogP contribution in [0.15, 0.2) is 30.3 Å². The fourth-order valence-electron chi connectivity index (χ4n) is 0.956. The van der Waals surface area contributed by atoms with Crippen molar-refractivity contribution in [2.75, 3.05) is 0 Å². The van der Waals surface area contributed by atoms with E-state index in [2.05, 4.69) is 0 Å². The molecule has 0 fully saturated rings. The van der Waals surface area contributed by atoms with Gasteiger partial charge in [-0.3, -0.25) is 10.1 Å². The lowest BCUT2D eigenvalue weighted by atomic mass is 10.1. The molecule has 0 aliphatic rings. The van der Waals surface area contributed by atoms with Crippen LogP contribution in [-0.2, 0) is 4.79 Å². The Morgan fingerprint density at radius 3 is 2.44 bits per heavy atom. The number of carboxylic acids is 1. The fraction of sp³-hybridized carbons (Fsp3) is 0.182. The molecule has 0 spiro atoms. The van der Waals surface area contributed by atoms with E-state index < -0.39 is 10.9 Å². The van der Waals surface area contributed by atoms with E-state index in [0.717, 1.165) is 6.08 Å². The Morgan fingerprint density at radius 2 is 1.94 bits per heavy atom. The monoisotopic (exact) mass is 223 g/mol. The topological polar surface area (TPSA) is 80.4 Å². The maximum absolute atomic E-state index is 10.5. The second-order valence-electron chi connectivity index (χ2n) is 2.49. The first kappa shape index (κ1) is 13.8. The van der Waals surface area contributed by atoms with Gasteiger partial charge in [-0.05, 0) is 12.1 Å². The molecule has 0 aromatic heterocycles. The molecule has 86 valence electrons. The summed E-state index contributed by atoms with van der Waals surface area (Å²) in [4.78, 5) is 20.1. The summed E-state index contributed by atoms with van der Waals surface area (Å²) < 4.78 is 0. The van der Waals surface area contributed by atoms with Crippen molar-refractivity contribution in [1.82, 2.24) is 0 Å². The SMILES string of the molecule is CC.O=C(O)/C=C/c1ccccc1[N+](=O)[O-]. The second kappa shape index (κ2) is 7.17. The molecule has 0 saturated carbocycles. The van der Waals surface area contributed by atoms with E-state index in [9.17, 15) is 14.9 Å². The zero-order valence-corrected chi connectivity index (χ0v) is 9.08. The maximum atomic E-state index is 10.5. The van der Waals surface area contributed by atoms with Gasteiger partial charge in [0.25, 0.3) is 5.69 Å². The molecule has 0 saturated heterocycles. The Balaban J connectivity index is 0.00000106. The number of carboxylic acid groups (broad SMARTS) is 1. The lowest BCUT2D eigenvalue weighted by Crippen LogP contribution is -1.91. The van der Waals surface area contributed by atoms with Crippen molar-refractivity contribution in [3.05, 3.63) is 46.0 Å². The van der Waals surface area contributed by atoms with Crippen LogP contribution >= 0.6 is 0 Å². The van der Waals surface area contributed by atoms with Crippen molar-refractivity contribution in [2.45, 2.75) is 13.8 Å². The van der Waals surface area contributed by atoms with Crippen molar-refractivity contribution in [2.24, 2.45) is 0 Å². The molecule has 5 nitrogen and oxygen atoms in total. The van der Waals surface area contributed by atoms with Gasteiger partial charge in [0.15, 0.2) is 0 Å². The van der Waals surface area contributed by atoms with E-state index in [1.165, 1.54) is 24.3 Å². The zero-order chi connectivity index (χ0) is 12.6. The van der Waals surface area contributed by atoms with E-state index in [4.69, 9.17) is 5.11 Å². The van der Waals surface area contributed by atoms with Crippen molar-refractivity contribution in [1.29, 1.82) is 0 Å². The van der Waals surface area contributed by atoms with E-state index in [1.807, 2.05) is 13.8 Å². The number of benzene rings is 1. The largest absolute Gasteiger partial charge is 0.478 e.